The summed E-state index contributed by atoms with van der Waals surface area (Å²) < 4.78 is 5.10. The lowest BCUT2D eigenvalue weighted by molar-refractivity contribution is 0.0530. The van der Waals surface area contributed by atoms with Gasteiger partial charge in [-0.15, -0.1) is 0 Å². The summed E-state index contributed by atoms with van der Waals surface area (Å²) in [6.45, 7) is 8.22. The Bertz CT molecular complexity index is 426. The third-order valence-corrected chi connectivity index (χ3v) is 2.10. The molecule has 0 aliphatic rings. The number of carbonyl (C=O) groups is 1. The maximum Gasteiger partial charge on any atom is 0.407 e. The second kappa shape index (κ2) is 6.56. The van der Waals surface area contributed by atoms with Crippen molar-refractivity contribution in [2.45, 2.75) is 33.3 Å². The average Bonchev–Trinajstić information content (AvgIpc) is 2.20. The van der Waals surface area contributed by atoms with E-state index in [4.69, 9.17) is 16.3 Å². The fourth-order valence-corrected chi connectivity index (χ4v) is 1.52. The first-order valence-electron chi connectivity index (χ1n) is 5.98. The molecule has 0 radical (unpaired) electrons. The fraction of sp³-hybridized carbons (Fsp3) is 0.583. The second-order valence-corrected chi connectivity index (χ2v) is 5.36. The summed E-state index contributed by atoms with van der Waals surface area (Å²) in [6, 6.07) is 1.78. The summed E-state index contributed by atoms with van der Waals surface area (Å²) in [5.41, 5.74) is 0.289. The van der Waals surface area contributed by atoms with Gasteiger partial charge in [0.1, 0.15) is 11.4 Å². The number of nitrogens with zero attached hydrogens (tertiary/aromatic N) is 2. The highest BCUT2D eigenvalue weighted by Crippen LogP contribution is 2.09. The lowest BCUT2D eigenvalue weighted by Gasteiger charge is -2.19. The van der Waals surface area contributed by atoms with Gasteiger partial charge in [0.2, 0.25) is 5.28 Å². The number of hydrogen-bond acceptors (Lipinski definition) is 5. The van der Waals surface area contributed by atoms with E-state index in [2.05, 4.69) is 20.6 Å². The third-order valence-electron chi connectivity index (χ3n) is 1.93. The first-order valence-corrected chi connectivity index (χ1v) is 6.36. The van der Waals surface area contributed by atoms with Crippen LogP contribution in [0.25, 0.3) is 0 Å². The van der Waals surface area contributed by atoms with Crippen LogP contribution in [0, 0.1) is 6.92 Å². The van der Waals surface area contributed by atoms with Gasteiger partial charge < -0.3 is 15.4 Å². The number of amides is 1. The van der Waals surface area contributed by atoms with E-state index in [1.807, 2.05) is 27.7 Å². The van der Waals surface area contributed by atoms with E-state index in [0.29, 0.717) is 18.9 Å². The SMILES string of the molecule is Cc1cc(NCCNC(=O)OC(C)(C)C)nc(Cl)n1. The van der Waals surface area contributed by atoms with Crippen molar-refractivity contribution < 1.29 is 9.53 Å². The number of aromatic nitrogens is 2. The number of ether oxygens (including phenoxy) is 1. The van der Waals surface area contributed by atoms with Gasteiger partial charge in [-0.05, 0) is 39.3 Å². The Morgan fingerprint density at radius 3 is 2.63 bits per heavy atom. The zero-order valence-corrected chi connectivity index (χ0v) is 12.3. The molecule has 0 atom stereocenters. The molecule has 7 heteroatoms. The molecule has 1 rings (SSSR count). The van der Waals surface area contributed by atoms with Crippen LogP contribution in [0.4, 0.5) is 10.6 Å². The summed E-state index contributed by atoms with van der Waals surface area (Å²) in [6.07, 6.45) is -0.439. The van der Waals surface area contributed by atoms with Gasteiger partial charge >= 0.3 is 6.09 Å². The number of nitrogens with one attached hydrogen (secondary N) is 2. The van der Waals surface area contributed by atoms with Crippen molar-refractivity contribution in [2.75, 3.05) is 18.4 Å². The van der Waals surface area contributed by atoms with E-state index in [9.17, 15) is 4.79 Å². The highest BCUT2D eigenvalue weighted by molar-refractivity contribution is 6.28. The molecule has 0 spiro atoms. The Kier molecular flexibility index (Phi) is 5.35. The van der Waals surface area contributed by atoms with Gasteiger partial charge in [0.05, 0.1) is 0 Å². The van der Waals surface area contributed by atoms with Crippen molar-refractivity contribution in [2.24, 2.45) is 0 Å². The van der Waals surface area contributed by atoms with Gasteiger partial charge in [0, 0.05) is 24.8 Å². The number of hydrogen-bond donors (Lipinski definition) is 2. The third kappa shape index (κ3) is 6.81. The molecule has 0 fully saturated rings. The molecular weight excluding hydrogens is 268 g/mol. The highest BCUT2D eigenvalue weighted by atomic mass is 35.5. The summed E-state index contributed by atoms with van der Waals surface area (Å²) in [7, 11) is 0. The van der Waals surface area contributed by atoms with E-state index >= 15 is 0 Å². The molecule has 0 bridgehead atoms. The molecule has 0 unspecified atom stereocenters. The monoisotopic (exact) mass is 286 g/mol. The molecule has 1 aromatic heterocycles. The smallest absolute Gasteiger partial charge is 0.407 e. The minimum atomic E-state index is -0.491. The van der Waals surface area contributed by atoms with Crippen LogP contribution in [0.1, 0.15) is 26.5 Å². The minimum Gasteiger partial charge on any atom is -0.444 e. The van der Waals surface area contributed by atoms with Crippen molar-refractivity contribution in [1.29, 1.82) is 0 Å². The van der Waals surface area contributed by atoms with Crippen LogP contribution in [-0.4, -0.2) is 34.8 Å². The molecule has 6 nitrogen and oxygen atoms in total. The van der Waals surface area contributed by atoms with Crippen molar-refractivity contribution >= 4 is 23.5 Å². The average molecular weight is 287 g/mol. The number of anilines is 1. The fourth-order valence-electron chi connectivity index (χ4n) is 1.29. The van der Waals surface area contributed by atoms with Crippen LogP contribution in [0.3, 0.4) is 0 Å². The lowest BCUT2D eigenvalue weighted by atomic mass is 10.2. The van der Waals surface area contributed by atoms with Crippen LogP contribution in [0.2, 0.25) is 5.28 Å². The molecule has 0 saturated heterocycles. The van der Waals surface area contributed by atoms with Crippen LogP contribution in [0.15, 0.2) is 6.07 Å². The van der Waals surface area contributed by atoms with Gasteiger partial charge in [-0.1, -0.05) is 0 Å². The molecule has 1 aromatic rings. The minimum absolute atomic E-state index is 0.197. The van der Waals surface area contributed by atoms with Crippen molar-refractivity contribution in [3.8, 4) is 0 Å². The van der Waals surface area contributed by atoms with Gasteiger partial charge in [-0.25, -0.2) is 14.8 Å². The van der Waals surface area contributed by atoms with Crippen LogP contribution >= 0.6 is 11.6 Å². The van der Waals surface area contributed by atoms with Gasteiger partial charge in [0.15, 0.2) is 0 Å². The molecule has 0 aromatic carbocycles. The first kappa shape index (κ1) is 15.5. The maximum atomic E-state index is 11.4. The summed E-state index contributed by atoms with van der Waals surface area (Å²) >= 11 is 5.73. The predicted molar refractivity (Wildman–Crippen MR) is 74.5 cm³/mol. The highest BCUT2D eigenvalue weighted by Gasteiger charge is 2.15. The molecule has 1 amide bonds. The topological polar surface area (TPSA) is 76.1 Å². The molecular formula is C12H19ClN4O2. The standard InChI is InChI=1S/C12H19ClN4O2/c1-8-7-9(17-10(13)16-8)14-5-6-15-11(18)19-12(2,3)4/h7H,5-6H2,1-4H3,(H,15,18)(H,14,16,17). The molecule has 0 aliphatic heterocycles. The largest absolute Gasteiger partial charge is 0.444 e. The Morgan fingerprint density at radius 1 is 1.37 bits per heavy atom. The second-order valence-electron chi connectivity index (χ2n) is 5.02. The summed E-state index contributed by atoms with van der Waals surface area (Å²) in [5, 5.41) is 5.87. The molecule has 106 valence electrons. The quantitative estimate of drug-likeness (QED) is 0.656. The van der Waals surface area contributed by atoms with Gasteiger partial charge in [-0.3, -0.25) is 0 Å². The van der Waals surface area contributed by atoms with E-state index in [1.165, 1.54) is 0 Å². The Labute approximate surface area is 117 Å². The Balaban J connectivity index is 2.29. The molecule has 0 aliphatic carbocycles. The number of carbonyl (C=O) groups excluding carboxylic acids is 1. The van der Waals surface area contributed by atoms with E-state index < -0.39 is 11.7 Å². The number of aryl methyl sites for hydroxylation is 1. The van der Waals surface area contributed by atoms with Crippen LogP contribution < -0.4 is 10.6 Å². The molecule has 1 heterocycles. The van der Waals surface area contributed by atoms with Crippen LogP contribution in [0.5, 0.6) is 0 Å². The normalized spacial score (nSPS) is 11.0. The summed E-state index contributed by atoms with van der Waals surface area (Å²) in [4.78, 5) is 19.3. The lowest BCUT2D eigenvalue weighted by Crippen LogP contribution is -2.35. The van der Waals surface area contributed by atoms with Gasteiger partial charge in [0.25, 0.3) is 0 Å². The van der Waals surface area contributed by atoms with E-state index in [1.54, 1.807) is 6.07 Å². The molecule has 19 heavy (non-hydrogen) atoms. The van der Waals surface area contributed by atoms with Crippen molar-refractivity contribution in [3.63, 3.8) is 0 Å². The van der Waals surface area contributed by atoms with E-state index in [-0.39, 0.29) is 5.28 Å². The molecule has 0 saturated carbocycles. The Hall–Kier alpha value is -1.56. The van der Waals surface area contributed by atoms with Crippen LogP contribution in [-0.2, 0) is 4.74 Å². The summed E-state index contributed by atoms with van der Waals surface area (Å²) in [5.74, 6) is 0.628. The molecule has 2 N–H and O–H groups in total. The van der Waals surface area contributed by atoms with Crippen molar-refractivity contribution in [3.05, 3.63) is 17.0 Å². The van der Waals surface area contributed by atoms with E-state index in [0.717, 1.165) is 5.69 Å². The van der Waals surface area contributed by atoms with Crippen molar-refractivity contribution in [1.82, 2.24) is 15.3 Å². The zero-order valence-electron chi connectivity index (χ0n) is 11.6. The predicted octanol–water partition coefficient (Wildman–Crippen LogP) is 2.38. The number of alkyl carbamates (subject to hydrolysis) is 1. The first-order chi connectivity index (χ1) is 8.76. The maximum absolute atomic E-state index is 11.4. The zero-order chi connectivity index (χ0) is 14.5. The van der Waals surface area contributed by atoms with Gasteiger partial charge in [-0.2, -0.15) is 0 Å². The Morgan fingerprint density at radius 2 is 2.05 bits per heavy atom. The number of rotatable bonds is 4. The number of halogens is 1.